The topological polar surface area (TPSA) is 46.2 Å². The van der Waals surface area contributed by atoms with Crippen LogP contribution in [0.5, 0.6) is 0 Å². The summed E-state index contributed by atoms with van der Waals surface area (Å²) < 4.78 is 14.2. The average Bonchev–Trinajstić information content (AvgIpc) is 3.33. The van der Waals surface area contributed by atoms with E-state index in [1.165, 1.54) is 6.07 Å². The lowest BCUT2D eigenvalue weighted by Gasteiger charge is -2.12. The molecule has 2 aromatic rings. The van der Waals surface area contributed by atoms with Gasteiger partial charge in [0.1, 0.15) is 12.1 Å². The van der Waals surface area contributed by atoms with Crippen molar-refractivity contribution < 1.29 is 14.0 Å². The Balaban J connectivity index is 2.03. The molecule has 0 aliphatic heterocycles. The Morgan fingerprint density at radius 1 is 1.22 bits per heavy atom. The predicted octanol–water partition coefficient (Wildman–Crippen LogP) is 3.81. The van der Waals surface area contributed by atoms with E-state index < -0.39 is 5.82 Å². The van der Waals surface area contributed by atoms with Crippen LogP contribution in [0.25, 0.3) is 11.1 Å². The van der Waals surface area contributed by atoms with Crippen LogP contribution < -0.4 is 5.32 Å². The normalized spacial score (nSPS) is 13.7. The van der Waals surface area contributed by atoms with Crippen molar-refractivity contribution in [1.82, 2.24) is 5.32 Å². The lowest BCUT2D eigenvalue weighted by atomic mass is 9.95. The number of hydrogen-bond donors (Lipinski definition) is 1. The minimum atomic E-state index is -0.402. The zero-order valence-electron chi connectivity index (χ0n) is 13.2. The van der Waals surface area contributed by atoms with Crippen molar-refractivity contribution in [2.75, 3.05) is 0 Å². The molecule has 1 aliphatic rings. The van der Waals surface area contributed by atoms with Gasteiger partial charge in [-0.3, -0.25) is 9.59 Å². The highest BCUT2D eigenvalue weighted by Gasteiger charge is 2.24. The van der Waals surface area contributed by atoms with E-state index in [2.05, 4.69) is 5.32 Å². The summed E-state index contributed by atoms with van der Waals surface area (Å²) in [6, 6.07) is 8.56. The number of carbonyl (C=O) groups excluding carboxylic acids is 2. The fourth-order valence-corrected chi connectivity index (χ4v) is 2.58. The van der Waals surface area contributed by atoms with Crippen LogP contribution >= 0.6 is 0 Å². The largest absolute Gasteiger partial charge is 0.349 e. The van der Waals surface area contributed by atoms with Crippen LogP contribution in [0.15, 0.2) is 30.3 Å². The summed E-state index contributed by atoms with van der Waals surface area (Å²) in [6.45, 7) is 3.53. The number of benzene rings is 2. The third-order valence-corrected chi connectivity index (χ3v) is 4.23. The van der Waals surface area contributed by atoms with Crippen LogP contribution in [0.1, 0.15) is 44.7 Å². The highest BCUT2D eigenvalue weighted by atomic mass is 19.1. The summed E-state index contributed by atoms with van der Waals surface area (Å²) in [5.74, 6) is -0.644. The van der Waals surface area contributed by atoms with E-state index in [9.17, 15) is 14.0 Å². The van der Waals surface area contributed by atoms with E-state index in [-0.39, 0.29) is 11.9 Å². The molecule has 1 aliphatic carbocycles. The number of aryl methyl sites for hydroxylation is 1. The Labute approximate surface area is 134 Å². The molecule has 0 heterocycles. The lowest BCUT2D eigenvalue weighted by Crippen LogP contribution is -2.25. The molecule has 0 saturated heterocycles. The summed E-state index contributed by atoms with van der Waals surface area (Å²) >= 11 is 0. The molecule has 0 aromatic heterocycles. The molecule has 2 aromatic carbocycles. The Morgan fingerprint density at radius 3 is 2.57 bits per heavy atom. The van der Waals surface area contributed by atoms with Gasteiger partial charge >= 0.3 is 0 Å². The number of hydrogen-bond acceptors (Lipinski definition) is 2. The van der Waals surface area contributed by atoms with E-state index in [0.29, 0.717) is 22.3 Å². The van der Waals surface area contributed by atoms with Crippen molar-refractivity contribution in [3.63, 3.8) is 0 Å². The monoisotopic (exact) mass is 311 g/mol. The van der Waals surface area contributed by atoms with Gasteiger partial charge in [0, 0.05) is 17.2 Å². The van der Waals surface area contributed by atoms with E-state index in [1.54, 1.807) is 25.1 Å². The smallest absolute Gasteiger partial charge is 0.251 e. The molecular weight excluding hydrogens is 293 g/mol. The van der Waals surface area contributed by atoms with Gasteiger partial charge in [0.25, 0.3) is 5.91 Å². The van der Waals surface area contributed by atoms with E-state index in [4.69, 9.17) is 0 Å². The molecule has 3 nitrogen and oxygen atoms in total. The maximum Gasteiger partial charge on any atom is 0.251 e. The van der Waals surface area contributed by atoms with Crippen LogP contribution in [-0.4, -0.2) is 18.2 Å². The van der Waals surface area contributed by atoms with Gasteiger partial charge in [-0.05, 0) is 61.1 Å². The van der Waals surface area contributed by atoms with Gasteiger partial charge in [0.05, 0.1) is 0 Å². The number of amides is 1. The first-order valence-corrected chi connectivity index (χ1v) is 7.67. The van der Waals surface area contributed by atoms with Crippen molar-refractivity contribution in [2.45, 2.75) is 32.7 Å². The SMILES string of the molecule is Cc1cc(-c2cc(C(=O)NC3CC3)cc(F)c2C)ccc1C=O. The average molecular weight is 311 g/mol. The van der Waals surface area contributed by atoms with Crippen LogP contribution in [0, 0.1) is 19.7 Å². The molecule has 23 heavy (non-hydrogen) atoms. The maximum absolute atomic E-state index is 14.2. The van der Waals surface area contributed by atoms with Gasteiger partial charge in [-0.25, -0.2) is 4.39 Å². The van der Waals surface area contributed by atoms with E-state index >= 15 is 0 Å². The highest BCUT2D eigenvalue weighted by molar-refractivity contribution is 5.96. The second-order valence-corrected chi connectivity index (χ2v) is 6.07. The third kappa shape index (κ3) is 3.16. The molecule has 1 fully saturated rings. The Hall–Kier alpha value is -2.49. The Kier molecular flexibility index (Phi) is 3.99. The summed E-state index contributed by atoms with van der Waals surface area (Å²) in [4.78, 5) is 23.1. The molecule has 0 radical (unpaired) electrons. The van der Waals surface area contributed by atoms with Crippen LogP contribution in [0.4, 0.5) is 4.39 Å². The van der Waals surface area contributed by atoms with Gasteiger partial charge in [-0.2, -0.15) is 0 Å². The molecule has 1 saturated carbocycles. The van der Waals surface area contributed by atoms with Gasteiger partial charge < -0.3 is 5.32 Å². The summed E-state index contributed by atoms with van der Waals surface area (Å²) in [6.07, 6.45) is 2.77. The summed E-state index contributed by atoms with van der Waals surface area (Å²) in [7, 11) is 0. The first-order chi connectivity index (χ1) is 11.0. The minimum absolute atomic E-state index is 0.226. The molecule has 4 heteroatoms. The lowest BCUT2D eigenvalue weighted by molar-refractivity contribution is 0.0950. The zero-order chi connectivity index (χ0) is 16.6. The summed E-state index contributed by atoms with van der Waals surface area (Å²) in [5.41, 5.74) is 3.72. The Bertz CT molecular complexity index is 794. The van der Waals surface area contributed by atoms with Crippen molar-refractivity contribution in [2.24, 2.45) is 0 Å². The van der Waals surface area contributed by atoms with Gasteiger partial charge in [-0.1, -0.05) is 18.2 Å². The predicted molar refractivity (Wildman–Crippen MR) is 87.2 cm³/mol. The Morgan fingerprint density at radius 2 is 1.96 bits per heavy atom. The number of halogens is 1. The van der Waals surface area contributed by atoms with Crippen LogP contribution in [0.2, 0.25) is 0 Å². The molecule has 0 unspecified atom stereocenters. The highest BCUT2D eigenvalue weighted by Crippen LogP contribution is 2.29. The maximum atomic E-state index is 14.2. The molecule has 0 bridgehead atoms. The molecule has 1 N–H and O–H groups in total. The van der Waals surface area contributed by atoms with Crippen molar-refractivity contribution in [1.29, 1.82) is 0 Å². The second kappa shape index (κ2) is 5.95. The number of aldehydes is 1. The van der Waals surface area contributed by atoms with Crippen molar-refractivity contribution in [3.05, 3.63) is 58.4 Å². The first kappa shape index (κ1) is 15.4. The van der Waals surface area contributed by atoms with Crippen molar-refractivity contribution >= 4 is 12.2 Å². The second-order valence-electron chi connectivity index (χ2n) is 6.07. The van der Waals surface area contributed by atoms with E-state index in [0.717, 1.165) is 30.3 Å². The quantitative estimate of drug-likeness (QED) is 0.873. The minimum Gasteiger partial charge on any atom is -0.349 e. The molecule has 0 atom stereocenters. The molecule has 3 rings (SSSR count). The van der Waals surface area contributed by atoms with Crippen LogP contribution in [-0.2, 0) is 0 Å². The summed E-state index contributed by atoms with van der Waals surface area (Å²) in [5, 5.41) is 2.87. The first-order valence-electron chi connectivity index (χ1n) is 7.67. The fourth-order valence-electron chi connectivity index (χ4n) is 2.58. The van der Waals surface area contributed by atoms with Gasteiger partial charge in [0.15, 0.2) is 0 Å². The van der Waals surface area contributed by atoms with Gasteiger partial charge in [-0.15, -0.1) is 0 Å². The van der Waals surface area contributed by atoms with Gasteiger partial charge in [0.2, 0.25) is 0 Å². The molecule has 1 amide bonds. The molecule has 118 valence electrons. The number of carbonyl (C=O) groups is 2. The van der Waals surface area contributed by atoms with Crippen LogP contribution in [0.3, 0.4) is 0 Å². The standard InChI is InChI=1S/C19H18FNO2/c1-11-7-13(3-4-14(11)10-22)17-8-15(9-18(20)12(17)2)19(23)21-16-5-6-16/h3-4,7-10,16H,5-6H2,1-2H3,(H,21,23). The van der Waals surface area contributed by atoms with Crippen molar-refractivity contribution in [3.8, 4) is 11.1 Å². The molecular formula is C19H18FNO2. The molecule has 0 spiro atoms. The third-order valence-electron chi connectivity index (χ3n) is 4.23. The number of rotatable bonds is 4. The fraction of sp³-hybridized carbons (Fsp3) is 0.263. The zero-order valence-corrected chi connectivity index (χ0v) is 13.2. The van der Waals surface area contributed by atoms with E-state index in [1.807, 2.05) is 13.0 Å². The number of nitrogens with one attached hydrogen (secondary N) is 1.